The van der Waals surface area contributed by atoms with Crippen LogP contribution in [0, 0.1) is 6.92 Å². The summed E-state index contributed by atoms with van der Waals surface area (Å²) in [5, 5.41) is 7.02. The number of amides is 1. The normalized spacial score (nSPS) is 12.2. The Morgan fingerprint density at radius 3 is 2.68 bits per heavy atom. The van der Waals surface area contributed by atoms with Gasteiger partial charge in [0, 0.05) is 15.7 Å². The summed E-state index contributed by atoms with van der Waals surface area (Å²) in [6.07, 6.45) is 0. The molecule has 0 aliphatic carbocycles. The summed E-state index contributed by atoms with van der Waals surface area (Å²) in [5.41, 5.74) is 2.81. The summed E-state index contributed by atoms with van der Waals surface area (Å²) >= 11 is 3.44. The minimum atomic E-state index is -0.340. The van der Waals surface area contributed by atoms with Crippen LogP contribution in [-0.4, -0.2) is 33.5 Å². The van der Waals surface area contributed by atoms with Crippen LogP contribution in [0.5, 0.6) is 0 Å². The Labute approximate surface area is 173 Å². The third-order valence-electron chi connectivity index (χ3n) is 4.54. The molecule has 0 aliphatic heterocycles. The summed E-state index contributed by atoms with van der Waals surface area (Å²) in [5.74, 6) is 0.938. The highest BCUT2D eigenvalue weighted by atomic mass is 79.9. The Morgan fingerprint density at radius 2 is 2.00 bits per heavy atom. The van der Waals surface area contributed by atoms with Crippen molar-refractivity contribution in [2.45, 2.75) is 33.4 Å². The van der Waals surface area contributed by atoms with Gasteiger partial charge in [0.2, 0.25) is 17.6 Å². The van der Waals surface area contributed by atoms with Crippen LogP contribution in [0.15, 0.2) is 57.5 Å². The molecule has 3 rings (SSSR count). The van der Waals surface area contributed by atoms with Crippen molar-refractivity contribution in [2.24, 2.45) is 0 Å². The predicted octanol–water partition coefficient (Wildman–Crippen LogP) is 4.66. The fourth-order valence-electron chi connectivity index (χ4n) is 2.81. The van der Waals surface area contributed by atoms with Crippen LogP contribution in [-0.2, 0) is 11.3 Å². The summed E-state index contributed by atoms with van der Waals surface area (Å²) in [7, 11) is 0. The zero-order chi connectivity index (χ0) is 20.1. The molecule has 0 spiro atoms. The Hall–Kier alpha value is -2.51. The number of rotatable bonds is 7. The number of benzene rings is 2. The van der Waals surface area contributed by atoms with Gasteiger partial charge in [-0.25, -0.2) is 0 Å². The minimum absolute atomic E-state index is 0.0718. The number of hydrogen-bond donors (Lipinski definition) is 1. The lowest BCUT2D eigenvalue weighted by atomic mass is 10.2. The number of nitrogens with one attached hydrogen (secondary N) is 1. The van der Waals surface area contributed by atoms with E-state index < -0.39 is 0 Å². The van der Waals surface area contributed by atoms with Crippen molar-refractivity contribution in [2.75, 3.05) is 11.9 Å². The monoisotopic (exact) mass is 442 g/mol. The molecule has 146 valence electrons. The molecule has 0 unspecified atom stereocenters. The van der Waals surface area contributed by atoms with Crippen molar-refractivity contribution >= 4 is 27.5 Å². The Morgan fingerprint density at radius 1 is 1.25 bits per heavy atom. The SMILES string of the molecule is CCN(Cc1nc(-c2cccc(Br)c2)no1)[C@@H](C)C(=O)Nc1ccc(C)cc1. The number of carbonyl (C=O) groups excluding carboxylic acids is 1. The number of hydrogen-bond acceptors (Lipinski definition) is 5. The van der Waals surface area contributed by atoms with Crippen LogP contribution >= 0.6 is 15.9 Å². The number of aryl methyl sites for hydroxylation is 1. The molecule has 0 fully saturated rings. The average molecular weight is 443 g/mol. The van der Waals surface area contributed by atoms with E-state index in [1.165, 1.54) is 0 Å². The number of anilines is 1. The first-order chi connectivity index (χ1) is 13.5. The molecule has 1 atom stereocenters. The Bertz CT molecular complexity index is 940. The van der Waals surface area contributed by atoms with Crippen LogP contribution in [0.1, 0.15) is 25.3 Å². The molecule has 0 saturated carbocycles. The number of aromatic nitrogens is 2. The highest BCUT2D eigenvalue weighted by Crippen LogP contribution is 2.21. The first kappa shape index (κ1) is 20.2. The van der Waals surface area contributed by atoms with Crippen molar-refractivity contribution in [3.63, 3.8) is 0 Å². The van der Waals surface area contributed by atoms with Crippen molar-refractivity contribution in [1.82, 2.24) is 15.0 Å². The second-order valence-corrected chi connectivity index (χ2v) is 7.53. The van der Waals surface area contributed by atoms with Gasteiger partial charge in [-0.2, -0.15) is 4.98 Å². The largest absolute Gasteiger partial charge is 0.338 e. The predicted molar refractivity (Wildman–Crippen MR) is 113 cm³/mol. The molecule has 3 aromatic rings. The highest BCUT2D eigenvalue weighted by Gasteiger charge is 2.22. The molecule has 0 aliphatic rings. The Balaban J connectivity index is 1.66. The standard InChI is InChI=1S/C21H23BrN4O2/c1-4-26(15(3)21(27)23-18-10-8-14(2)9-11-18)13-19-24-20(25-28-19)16-6-5-7-17(22)12-16/h5-12,15H,4,13H2,1-3H3,(H,23,27)/t15-/m0/s1. The van der Waals surface area contributed by atoms with Crippen LogP contribution < -0.4 is 5.32 Å². The van der Waals surface area contributed by atoms with E-state index >= 15 is 0 Å². The maximum Gasteiger partial charge on any atom is 0.241 e. The maximum absolute atomic E-state index is 12.6. The van der Waals surface area contributed by atoms with Gasteiger partial charge in [-0.3, -0.25) is 9.69 Å². The van der Waals surface area contributed by atoms with Crippen LogP contribution in [0.25, 0.3) is 11.4 Å². The minimum Gasteiger partial charge on any atom is -0.338 e. The molecule has 0 radical (unpaired) electrons. The zero-order valence-electron chi connectivity index (χ0n) is 16.1. The van der Waals surface area contributed by atoms with E-state index in [1.54, 1.807) is 0 Å². The molecule has 2 aromatic carbocycles. The van der Waals surface area contributed by atoms with E-state index in [-0.39, 0.29) is 11.9 Å². The van der Waals surface area contributed by atoms with Crippen molar-refractivity contribution in [3.8, 4) is 11.4 Å². The van der Waals surface area contributed by atoms with Gasteiger partial charge in [0.15, 0.2) is 0 Å². The Kier molecular flexibility index (Phi) is 6.59. The number of likely N-dealkylation sites (N-methyl/N-ethyl adjacent to an activating group) is 1. The van der Waals surface area contributed by atoms with Gasteiger partial charge in [0.25, 0.3) is 0 Å². The van der Waals surface area contributed by atoms with Crippen LogP contribution in [0.4, 0.5) is 5.69 Å². The first-order valence-corrected chi connectivity index (χ1v) is 9.95. The van der Waals surface area contributed by atoms with E-state index in [1.807, 2.05) is 74.2 Å². The molecule has 0 saturated heterocycles. The molecule has 28 heavy (non-hydrogen) atoms. The van der Waals surface area contributed by atoms with E-state index in [4.69, 9.17) is 4.52 Å². The summed E-state index contributed by atoms with van der Waals surface area (Å²) < 4.78 is 6.35. The third kappa shape index (κ3) is 5.05. The van der Waals surface area contributed by atoms with Crippen LogP contribution in [0.3, 0.4) is 0 Å². The molecule has 6 nitrogen and oxygen atoms in total. The van der Waals surface area contributed by atoms with E-state index in [9.17, 15) is 4.79 Å². The number of nitrogens with zero attached hydrogens (tertiary/aromatic N) is 3. The van der Waals surface area contributed by atoms with Gasteiger partial charge < -0.3 is 9.84 Å². The smallest absolute Gasteiger partial charge is 0.241 e. The lowest BCUT2D eigenvalue weighted by molar-refractivity contribution is -0.121. The van der Waals surface area contributed by atoms with Gasteiger partial charge in [-0.15, -0.1) is 0 Å². The molecular formula is C21H23BrN4O2. The van der Waals surface area contributed by atoms with Gasteiger partial charge in [0.05, 0.1) is 12.6 Å². The molecular weight excluding hydrogens is 420 g/mol. The lowest BCUT2D eigenvalue weighted by Gasteiger charge is -2.25. The summed E-state index contributed by atoms with van der Waals surface area (Å²) in [6.45, 7) is 6.97. The van der Waals surface area contributed by atoms with Crippen LogP contribution in [0.2, 0.25) is 0 Å². The molecule has 7 heteroatoms. The summed E-state index contributed by atoms with van der Waals surface area (Å²) in [4.78, 5) is 19.1. The highest BCUT2D eigenvalue weighted by molar-refractivity contribution is 9.10. The van der Waals surface area contributed by atoms with E-state index in [0.717, 1.165) is 21.3 Å². The number of halogens is 1. The topological polar surface area (TPSA) is 71.3 Å². The average Bonchev–Trinajstić information content (AvgIpc) is 3.16. The quantitative estimate of drug-likeness (QED) is 0.575. The van der Waals surface area contributed by atoms with Gasteiger partial charge in [-0.1, -0.05) is 57.8 Å². The fraction of sp³-hybridized carbons (Fsp3) is 0.286. The first-order valence-electron chi connectivity index (χ1n) is 9.16. The second-order valence-electron chi connectivity index (χ2n) is 6.62. The molecule has 1 amide bonds. The number of carbonyl (C=O) groups is 1. The summed E-state index contributed by atoms with van der Waals surface area (Å²) in [6, 6.07) is 15.1. The maximum atomic E-state index is 12.6. The molecule has 1 heterocycles. The van der Waals surface area contributed by atoms with Crippen molar-refractivity contribution < 1.29 is 9.32 Å². The fourth-order valence-corrected chi connectivity index (χ4v) is 3.21. The van der Waals surface area contributed by atoms with Gasteiger partial charge >= 0.3 is 0 Å². The lowest BCUT2D eigenvalue weighted by Crippen LogP contribution is -2.41. The van der Waals surface area contributed by atoms with E-state index in [0.29, 0.717) is 24.8 Å². The molecule has 1 aromatic heterocycles. The van der Waals surface area contributed by atoms with Crippen molar-refractivity contribution in [1.29, 1.82) is 0 Å². The second kappa shape index (κ2) is 9.12. The van der Waals surface area contributed by atoms with Crippen molar-refractivity contribution in [3.05, 3.63) is 64.5 Å². The molecule has 1 N–H and O–H groups in total. The third-order valence-corrected chi connectivity index (χ3v) is 5.03. The zero-order valence-corrected chi connectivity index (χ0v) is 17.7. The van der Waals surface area contributed by atoms with Gasteiger partial charge in [-0.05, 0) is 44.7 Å². The van der Waals surface area contributed by atoms with Gasteiger partial charge in [0.1, 0.15) is 0 Å². The van der Waals surface area contributed by atoms with E-state index in [2.05, 4.69) is 31.4 Å². The molecule has 0 bridgehead atoms.